The molecule has 0 radical (unpaired) electrons. The number of aliphatic imine (C=N–C) groups is 1. The van der Waals surface area contributed by atoms with Gasteiger partial charge in [-0.3, -0.25) is 4.99 Å². The molecule has 27 heavy (non-hydrogen) atoms. The lowest BCUT2D eigenvalue weighted by molar-refractivity contribution is 0.0424. The molecule has 2 aromatic rings. The number of hydrogen-bond donors (Lipinski definition) is 3. The fourth-order valence-electron chi connectivity index (χ4n) is 3.08. The van der Waals surface area contributed by atoms with Gasteiger partial charge >= 0.3 is 0 Å². The van der Waals surface area contributed by atoms with Crippen LogP contribution < -0.4 is 10.6 Å². The first-order valence-corrected chi connectivity index (χ1v) is 9.63. The lowest BCUT2D eigenvalue weighted by Gasteiger charge is -2.11. The van der Waals surface area contributed by atoms with Crippen molar-refractivity contribution < 1.29 is 9.47 Å². The molecule has 1 aliphatic rings. The molecule has 1 fully saturated rings. The summed E-state index contributed by atoms with van der Waals surface area (Å²) in [6.07, 6.45) is 3.15. The highest BCUT2D eigenvalue weighted by molar-refractivity contribution is 14.0. The van der Waals surface area contributed by atoms with E-state index in [1.165, 1.54) is 16.6 Å². The highest BCUT2D eigenvalue weighted by Crippen LogP contribution is 2.14. The number of aromatic amines is 1. The number of aromatic nitrogens is 1. The molecule has 1 unspecified atom stereocenters. The first-order valence-electron chi connectivity index (χ1n) is 9.63. The van der Waals surface area contributed by atoms with Gasteiger partial charge < -0.3 is 25.1 Å². The van der Waals surface area contributed by atoms with Crippen LogP contribution in [0.15, 0.2) is 35.3 Å². The maximum absolute atomic E-state index is 5.77. The van der Waals surface area contributed by atoms with Crippen molar-refractivity contribution in [2.75, 3.05) is 39.5 Å². The standard InChI is InChI=1S/C20H30N4O2.HI/c1-2-21-20(22-10-5-12-26-18-9-13-25-15-18)23-11-8-17-14-16-6-3-4-7-19(16)24-17;/h3-4,6-7,14,18,24H,2,5,8-13,15H2,1H3,(H2,21,22,23);1H. The minimum atomic E-state index is 0. The smallest absolute Gasteiger partial charge is 0.191 e. The molecule has 1 aliphatic heterocycles. The summed E-state index contributed by atoms with van der Waals surface area (Å²) in [5, 5.41) is 7.96. The molecule has 1 atom stereocenters. The van der Waals surface area contributed by atoms with Gasteiger partial charge in [0.05, 0.1) is 12.7 Å². The van der Waals surface area contributed by atoms with Gasteiger partial charge in [-0.25, -0.2) is 0 Å². The van der Waals surface area contributed by atoms with Crippen LogP contribution in [0, 0.1) is 0 Å². The lowest BCUT2D eigenvalue weighted by atomic mass is 10.2. The first-order chi connectivity index (χ1) is 12.8. The van der Waals surface area contributed by atoms with Crippen LogP contribution in [0.4, 0.5) is 0 Å². The number of rotatable bonds is 9. The van der Waals surface area contributed by atoms with E-state index < -0.39 is 0 Å². The van der Waals surface area contributed by atoms with Gasteiger partial charge in [-0.2, -0.15) is 0 Å². The van der Waals surface area contributed by atoms with E-state index in [0.29, 0.717) is 0 Å². The van der Waals surface area contributed by atoms with E-state index >= 15 is 0 Å². The van der Waals surface area contributed by atoms with Crippen molar-refractivity contribution in [2.45, 2.75) is 32.3 Å². The van der Waals surface area contributed by atoms with Gasteiger partial charge in [0.25, 0.3) is 0 Å². The Hall–Kier alpha value is -1.32. The molecule has 2 heterocycles. The Morgan fingerprint density at radius 2 is 2.22 bits per heavy atom. The highest BCUT2D eigenvalue weighted by atomic mass is 127. The van der Waals surface area contributed by atoms with Gasteiger partial charge in [0, 0.05) is 50.5 Å². The van der Waals surface area contributed by atoms with Crippen LogP contribution in [0.3, 0.4) is 0 Å². The Morgan fingerprint density at radius 1 is 1.33 bits per heavy atom. The second kappa shape index (κ2) is 12.2. The normalized spacial score (nSPS) is 17.1. The molecule has 1 aromatic heterocycles. The SMILES string of the molecule is CCNC(=NCCCOC1CCOC1)NCCc1cc2ccccc2[nH]1.I. The van der Waals surface area contributed by atoms with Crippen LogP contribution >= 0.6 is 24.0 Å². The molecule has 7 heteroatoms. The molecule has 0 amide bonds. The number of guanidine groups is 1. The van der Waals surface area contributed by atoms with Crippen molar-refractivity contribution in [1.82, 2.24) is 15.6 Å². The Bertz CT molecular complexity index is 665. The highest BCUT2D eigenvalue weighted by Gasteiger charge is 2.15. The summed E-state index contributed by atoms with van der Waals surface area (Å²) >= 11 is 0. The first kappa shape index (κ1) is 22.0. The number of hydrogen-bond acceptors (Lipinski definition) is 3. The molecule has 1 saturated heterocycles. The Labute approximate surface area is 178 Å². The molecule has 0 spiro atoms. The van der Waals surface area contributed by atoms with Crippen LogP contribution in [0.1, 0.15) is 25.5 Å². The number of benzene rings is 1. The molecule has 0 bridgehead atoms. The van der Waals surface area contributed by atoms with E-state index in [1.807, 2.05) is 0 Å². The van der Waals surface area contributed by atoms with Crippen LogP contribution in [-0.2, 0) is 15.9 Å². The number of halogens is 1. The van der Waals surface area contributed by atoms with E-state index in [0.717, 1.165) is 64.7 Å². The third-order valence-electron chi connectivity index (χ3n) is 4.43. The average Bonchev–Trinajstić information content (AvgIpc) is 3.30. The van der Waals surface area contributed by atoms with Gasteiger partial charge in [-0.15, -0.1) is 24.0 Å². The van der Waals surface area contributed by atoms with Gasteiger partial charge in [0.2, 0.25) is 0 Å². The fraction of sp³-hybridized carbons (Fsp3) is 0.550. The Morgan fingerprint density at radius 3 is 3.00 bits per heavy atom. The van der Waals surface area contributed by atoms with E-state index in [2.05, 4.69) is 57.9 Å². The van der Waals surface area contributed by atoms with Crippen molar-refractivity contribution in [3.05, 3.63) is 36.0 Å². The summed E-state index contributed by atoms with van der Waals surface area (Å²) in [4.78, 5) is 8.09. The second-order valence-electron chi connectivity index (χ2n) is 6.53. The molecule has 6 nitrogen and oxygen atoms in total. The van der Waals surface area contributed by atoms with E-state index in [4.69, 9.17) is 9.47 Å². The quantitative estimate of drug-likeness (QED) is 0.221. The van der Waals surface area contributed by atoms with Crippen LogP contribution in [-0.4, -0.2) is 56.5 Å². The molecule has 0 saturated carbocycles. The summed E-state index contributed by atoms with van der Waals surface area (Å²) in [5.74, 6) is 0.868. The van der Waals surface area contributed by atoms with Crippen LogP contribution in [0.2, 0.25) is 0 Å². The van der Waals surface area contributed by atoms with Gasteiger partial charge in [0.1, 0.15) is 0 Å². The number of nitrogens with one attached hydrogen (secondary N) is 3. The minimum absolute atomic E-state index is 0. The number of ether oxygens (including phenoxy) is 2. The van der Waals surface area contributed by atoms with Crippen LogP contribution in [0.25, 0.3) is 10.9 Å². The Balaban J connectivity index is 0.00000261. The van der Waals surface area contributed by atoms with Crippen molar-refractivity contribution in [3.63, 3.8) is 0 Å². The van der Waals surface area contributed by atoms with Crippen molar-refractivity contribution in [2.24, 2.45) is 4.99 Å². The van der Waals surface area contributed by atoms with Crippen molar-refractivity contribution >= 4 is 40.8 Å². The lowest BCUT2D eigenvalue weighted by Crippen LogP contribution is -2.38. The molecular weight excluding hydrogens is 455 g/mol. The largest absolute Gasteiger partial charge is 0.379 e. The molecule has 150 valence electrons. The fourth-order valence-corrected chi connectivity index (χ4v) is 3.08. The molecular formula is C20H31IN4O2. The summed E-state index contributed by atoms with van der Waals surface area (Å²) in [6.45, 7) is 6.84. The maximum atomic E-state index is 5.77. The third-order valence-corrected chi connectivity index (χ3v) is 4.43. The number of para-hydroxylation sites is 1. The topological polar surface area (TPSA) is 70.7 Å². The second-order valence-corrected chi connectivity index (χ2v) is 6.53. The zero-order valence-electron chi connectivity index (χ0n) is 16.0. The zero-order chi connectivity index (χ0) is 18.0. The average molecular weight is 486 g/mol. The molecule has 3 rings (SSSR count). The van der Waals surface area contributed by atoms with Crippen molar-refractivity contribution in [3.8, 4) is 0 Å². The van der Waals surface area contributed by atoms with Gasteiger partial charge in [-0.05, 0) is 37.3 Å². The summed E-state index contributed by atoms with van der Waals surface area (Å²) < 4.78 is 11.1. The summed E-state index contributed by atoms with van der Waals surface area (Å²) in [7, 11) is 0. The van der Waals surface area contributed by atoms with Crippen molar-refractivity contribution in [1.29, 1.82) is 0 Å². The third kappa shape index (κ3) is 7.31. The number of fused-ring (bicyclic) bond motifs is 1. The summed E-state index contributed by atoms with van der Waals surface area (Å²) in [6, 6.07) is 10.6. The predicted octanol–water partition coefficient (Wildman–Crippen LogP) is 3.08. The van der Waals surface area contributed by atoms with Gasteiger partial charge in [-0.1, -0.05) is 18.2 Å². The summed E-state index contributed by atoms with van der Waals surface area (Å²) in [5.41, 5.74) is 2.43. The van der Waals surface area contributed by atoms with E-state index in [9.17, 15) is 0 Å². The minimum Gasteiger partial charge on any atom is -0.379 e. The molecule has 0 aliphatic carbocycles. The van der Waals surface area contributed by atoms with Gasteiger partial charge in [0.15, 0.2) is 5.96 Å². The van der Waals surface area contributed by atoms with E-state index in [-0.39, 0.29) is 30.1 Å². The monoisotopic (exact) mass is 486 g/mol. The number of H-pyrrole nitrogens is 1. The number of nitrogens with zero attached hydrogens (tertiary/aromatic N) is 1. The van der Waals surface area contributed by atoms with Crippen LogP contribution in [0.5, 0.6) is 0 Å². The predicted molar refractivity (Wildman–Crippen MR) is 121 cm³/mol. The molecule has 3 N–H and O–H groups in total. The zero-order valence-corrected chi connectivity index (χ0v) is 18.3. The Kier molecular flexibility index (Phi) is 9.93. The maximum Gasteiger partial charge on any atom is 0.191 e. The molecule has 1 aromatic carbocycles. The van der Waals surface area contributed by atoms with E-state index in [1.54, 1.807) is 0 Å².